The first-order chi connectivity index (χ1) is 14.9. The maximum absolute atomic E-state index is 12.9. The summed E-state index contributed by atoms with van der Waals surface area (Å²) in [5.41, 5.74) is 1.49. The summed E-state index contributed by atoms with van der Waals surface area (Å²) in [6.45, 7) is 2.07. The molecule has 0 aliphatic carbocycles. The summed E-state index contributed by atoms with van der Waals surface area (Å²) in [4.78, 5) is 40.9. The van der Waals surface area contributed by atoms with E-state index in [9.17, 15) is 14.4 Å². The van der Waals surface area contributed by atoms with Crippen molar-refractivity contribution < 1.29 is 14.3 Å². The maximum Gasteiger partial charge on any atom is 0.262 e. The van der Waals surface area contributed by atoms with E-state index in [2.05, 4.69) is 15.6 Å². The highest BCUT2D eigenvalue weighted by atomic mass is 35.5. The molecule has 3 rings (SSSR count). The van der Waals surface area contributed by atoms with Crippen LogP contribution in [0.15, 0.2) is 52.4 Å². The lowest BCUT2D eigenvalue weighted by atomic mass is 10.2. The smallest absolute Gasteiger partial charge is 0.262 e. The number of aromatic nitrogens is 2. The van der Waals surface area contributed by atoms with Gasteiger partial charge in [0.15, 0.2) is 5.16 Å². The Kier molecular flexibility index (Phi) is 7.67. The monoisotopic (exact) mass is 460 g/mol. The number of thioether (sulfide) groups is 1. The van der Waals surface area contributed by atoms with Gasteiger partial charge in [-0.1, -0.05) is 23.4 Å². The van der Waals surface area contributed by atoms with Crippen LogP contribution in [-0.2, 0) is 20.9 Å². The Morgan fingerprint density at radius 3 is 2.45 bits per heavy atom. The summed E-state index contributed by atoms with van der Waals surface area (Å²) in [6, 6.07) is 11.7. The average Bonchev–Trinajstić information content (AvgIpc) is 2.72. The fourth-order valence-corrected chi connectivity index (χ4v) is 3.82. The van der Waals surface area contributed by atoms with E-state index in [1.165, 1.54) is 11.5 Å². The van der Waals surface area contributed by atoms with Gasteiger partial charge >= 0.3 is 0 Å². The molecule has 0 radical (unpaired) electrons. The summed E-state index contributed by atoms with van der Waals surface area (Å²) in [5, 5.41) is 6.79. The van der Waals surface area contributed by atoms with Crippen LogP contribution in [0, 0.1) is 0 Å². The first-order valence-electron chi connectivity index (χ1n) is 9.36. The molecule has 162 valence electrons. The quantitative estimate of drug-likeness (QED) is 0.394. The number of fused-ring (bicyclic) bond motifs is 1. The van der Waals surface area contributed by atoms with Crippen molar-refractivity contribution >= 4 is 57.5 Å². The fraction of sp³-hybridized carbons (Fsp3) is 0.238. The molecule has 0 aliphatic heterocycles. The molecule has 0 saturated carbocycles. The number of rotatable bonds is 8. The Hall–Kier alpha value is -2.88. The van der Waals surface area contributed by atoms with Gasteiger partial charge in [-0.25, -0.2) is 4.98 Å². The fourth-order valence-electron chi connectivity index (χ4n) is 2.83. The van der Waals surface area contributed by atoms with E-state index in [0.29, 0.717) is 45.6 Å². The molecule has 1 aromatic heterocycles. The van der Waals surface area contributed by atoms with E-state index in [1.54, 1.807) is 49.6 Å². The molecular weight excluding hydrogens is 440 g/mol. The zero-order chi connectivity index (χ0) is 22.4. The molecule has 2 N–H and O–H groups in total. The van der Waals surface area contributed by atoms with Crippen molar-refractivity contribution in [1.29, 1.82) is 0 Å². The highest BCUT2D eigenvalue weighted by Gasteiger charge is 2.14. The zero-order valence-corrected chi connectivity index (χ0v) is 18.5. The second kappa shape index (κ2) is 10.4. The third-order valence-electron chi connectivity index (χ3n) is 4.22. The highest BCUT2D eigenvalue weighted by molar-refractivity contribution is 7.99. The number of ether oxygens (including phenoxy) is 1. The summed E-state index contributed by atoms with van der Waals surface area (Å²) < 4.78 is 6.60. The van der Waals surface area contributed by atoms with E-state index in [4.69, 9.17) is 16.3 Å². The predicted molar refractivity (Wildman–Crippen MR) is 123 cm³/mol. The zero-order valence-electron chi connectivity index (χ0n) is 17.0. The third kappa shape index (κ3) is 6.06. The summed E-state index contributed by atoms with van der Waals surface area (Å²) in [7, 11) is 1.55. The van der Waals surface area contributed by atoms with E-state index >= 15 is 0 Å². The van der Waals surface area contributed by atoms with Gasteiger partial charge in [-0.15, -0.1) is 0 Å². The van der Waals surface area contributed by atoms with E-state index in [1.807, 2.05) is 0 Å². The lowest BCUT2D eigenvalue weighted by molar-refractivity contribution is -0.114. The minimum Gasteiger partial charge on any atom is -0.383 e. The molecule has 0 spiro atoms. The van der Waals surface area contributed by atoms with Gasteiger partial charge in [0, 0.05) is 30.4 Å². The largest absolute Gasteiger partial charge is 0.383 e. The highest BCUT2D eigenvalue weighted by Crippen LogP contribution is 2.21. The van der Waals surface area contributed by atoms with Crippen LogP contribution in [0.4, 0.5) is 11.4 Å². The molecule has 2 aromatic carbocycles. The number of carbonyl (C=O) groups excluding carboxylic acids is 2. The molecular formula is C21H21ClN4O4S. The second-order valence-corrected chi connectivity index (χ2v) is 7.98. The lowest BCUT2D eigenvalue weighted by Crippen LogP contribution is -2.26. The number of nitrogens with zero attached hydrogens (tertiary/aromatic N) is 2. The average molecular weight is 461 g/mol. The van der Waals surface area contributed by atoms with Gasteiger partial charge in [-0.3, -0.25) is 19.0 Å². The van der Waals surface area contributed by atoms with Gasteiger partial charge in [0.05, 0.1) is 29.8 Å². The lowest BCUT2D eigenvalue weighted by Gasteiger charge is -2.13. The number of halogens is 1. The predicted octanol–water partition coefficient (Wildman–Crippen LogP) is 3.39. The molecule has 0 aliphatic rings. The molecule has 10 heteroatoms. The van der Waals surface area contributed by atoms with Crippen LogP contribution in [0.25, 0.3) is 10.9 Å². The normalized spacial score (nSPS) is 10.8. The Balaban J connectivity index is 1.75. The second-order valence-electron chi connectivity index (χ2n) is 6.60. The van der Waals surface area contributed by atoms with Gasteiger partial charge < -0.3 is 15.4 Å². The first-order valence-corrected chi connectivity index (χ1v) is 10.7. The molecule has 1 heterocycles. The molecule has 0 fully saturated rings. The molecule has 31 heavy (non-hydrogen) atoms. The number of hydrogen-bond donors (Lipinski definition) is 2. The minimum absolute atomic E-state index is 0.0545. The van der Waals surface area contributed by atoms with Crippen molar-refractivity contribution in [3.8, 4) is 0 Å². The van der Waals surface area contributed by atoms with Gasteiger partial charge in [0.2, 0.25) is 11.8 Å². The van der Waals surface area contributed by atoms with Crippen LogP contribution >= 0.6 is 23.4 Å². The summed E-state index contributed by atoms with van der Waals surface area (Å²) in [5.74, 6) is -0.369. The minimum atomic E-state index is -0.254. The number of nitrogens with one attached hydrogen (secondary N) is 2. The number of hydrogen-bond acceptors (Lipinski definition) is 6. The van der Waals surface area contributed by atoms with Gasteiger partial charge in [-0.2, -0.15) is 0 Å². The molecule has 8 nitrogen and oxygen atoms in total. The topological polar surface area (TPSA) is 102 Å². The number of benzene rings is 2. The number of methoxy groups -OCH3 is 1. The van der Waals surface area contributed by atoms with Crippen molar-refractivity contribution in [3.63, 3.8) is 0 Å². The molecule has 2 amide bonds. The Bertz CT molecular complexity index is 1160. The van der Waals surface area contributed by atoms with Crippen LogP contribution in [0.3, 0.4) is 0 Å². The SMILES string of the molecule is COCCn1c(SCC(=O)Nc2ccc(NC(C)=O)cc2)nc2cc(Cl)ccc2c1=O. The molecule has 0 saturated heterocycles. The molecule has 0 atom stereocenters. The van der Waals surface area contributed by atoms with Crippen LogP contribution < -0.4 is 16.2 Å². The van der Waals surface area contributed by atoms with Crippen molar-refractivity contribution in [2.75, 3.05) is 30.1 Å². The number of carbonyl (C=O) groups is 2. The number of anilines is 2. The van der Waals surface area contributed by atoms with E-state index in [-0.39, 0.29) is 23.1 Å². The third-order valence-corrected chi connectivity index (χ3v) is 5.43. The van der Waals surface area contributed by atoms with Crippen LogP contribution in [0.1, 0.15) is 6.92 Å². The van der Waals surface area contributed by atoms with Crippen LogP contribution in [0.5, 0.6) is 0 Å². The summed E-state index contributed by atoms with van der Waals surface area (Å²) in [6.07, 6.45) is 0. The maximum atomic E-state index is 12.9. The first kappa shape index (κ1) is 22.8. The van der Waals surface area contributed by atoms with Crippen molar-refractivity contribution in [2.24, 2.45) is 0 Å². The van der Waals surface area contributed by atoms with Gasteiger partial charge in [0.1, 0.15) is 0 Å². The summed E-state index contributed by atoms with van der Waals surface area (Å²) >= 11 is 7.20. The van der Waals surface area contributed by atoms with Gasteiger partial charge in [-0.05, 0) is 42.5 Å². The molecule has 3 aromatic rings. The van der Waals surface area contributed by atoms with Gasteiger partial charge in [0.25, 0.3) is 5.56 Å². The standard InChI is InChI=1S/C21H21ClN4O4S/c1-13(27)23-15-4-6-16(7-5-15)24-19(28)12-31-21-25-18-11-14(22)3-8-17(18)20(29)26(21)9-10-30-2/h3-8,11H,9-10,12H2,1-2H3,(H,23,27)(H,24,28). The Morgan fingerprint density at radius 2 is 1.81 bits per heavy atom. The van der Waals surface area contributed by atoms with Crippen LogP contribution in [-0.4, -0.2) is 40.8 Å². The molecule has 0 bridgehead atoms. The van der Waals surface area contributed by atoms with Crippen LogP contribution in [0.2, 0.25) is 5.02 Å². The Morgan fingerprint density at radius 1 is 1.13 bits per heavy atom. The van der Waals surface area contributed by atoms with Crippen molar-refractivity contribution in [3.05, 3.63) is 57.8 Å². The Labute approximate surface area is 187 Å². The molecule has 0 unspecified atom stereocenters. The van der Waals surface area contributed by atoms with Crippen molar-refractivity contribution in [2.45, 2.75) is 18.6 Å². The number of amides is 2. The van der Waals surface area contributed by atoms with E-state index in [0.717, 1.165) is 11.8 Å². The van der Waals surface area contributed by atoms with Crippen molar-refractivity contribution in [1.82, 2.24) is 9.55 Å². The van der Waals surface area contributed by atoms with E-state index < -0.39 is 0 Å².